The van der Waals surface area contributed by atoms with Crippen LogP contribution in [-0.4, -0.2) is 19.0 Å². The van der Waals surface area contributed by atoms with Crippen LogP contribution in [0.15, 0.2) is 30.3 Å². The number of nitrogens with one attached hydrogen (secondary N) is 2. The normalized spacial score (nSPS) is 22.7. The summed E-state index contributed by atoms with van der Waals surface area (Å²) >= 11 is 0. The van der Waals surface area contributed by atoms with Gasteiger partial charge in [0.25, 0.3) is 0 Å². The van der Waals surface area contributed by atoms with Crippen LogP contribution < -0.4 is 10.6 Å². The van der Waals surface area contributed by atoms with Crippen LogP contribution in [0.25, 0.3) is 0 Å². The number of piperidine rings is 1. The van der Waals surface area contributed by atoms with Crippen LogP contribution in [-0.2, 0) is 10.3 Å². The molecule has 23 heavy (non-hydrogen) atoms. The van der Waals surface area contributed by atoms with Crippen molar-refractivity contribution in [1.29, 1.82) is 0 Å². The van der Waals surface area contributed by atoms with Gasteiger partial charge in [-0.25, -0.2) is 0 Å². The van der Waals surface area contributed by atoms with Gasteiger partial charge < -0.3 is 10.6 Å². The van der Waals surface area contributed by atoms with Gasteiger partial charge in [0.1, 0.15) is 0 Å². The standard InChI is InChI=1S/C20H30N2O/c1-16(17-9-13-21-14-10-17)15-19(23)22-20(11-5-6-12-20)18-7-3-2-4-8-18/h2-4,7-8,16-17,21H,5-6,9-15H2,1H3,(H,22,23). The van der Waals surface area contributed by atoms with Gasteiger partial charge in [0.15, 0.2) is 0 Å². The van der Waals surface area contributed by atoms with Crippen molar-refractivity contribution in [3.63, 3.8) is 0 Å². The number of carbonyl (C=O) groups excluding carboxylic acids is 1. The SMILES string of the molecule is CC(CC(=O)NC1(c2ccccc2)CCCC1)C1CCNCC1. The van der Waals surface area contributed by atoms with Crippen molar-refractivity contribution in [3.8, 4) is 0 Å². The molecule has 3 rings (SSSR count). The number of hydrogen-bond acceptors (Lipinski definition) is 2. The summed E-state index contributed by atoms with van der Waals surface area (Å²) in [4.78, 5) is 12.7. The number of amides is 1. The molecule has 3 nitrogen and oxygen atoms in total. The maximum absolute atomic E-state index is 12.7. The zero-order valence-corrected chi connectivity index (χ0v) is 14.3. The molecule has 1 amide bonds. The third-order valence-corrected chi connectivity index (χ3v) is 5.86. The third-order valence-electron chi connectivity index (χ3n) is 5.86. The minimum Gasteiger partial charge on any atom is -0.347 e. The van der Waals surface area contributed by atoms with Crippen molar-refractivity contribution in [3.05, 3.63) is 35.9 Å². The molecule has 2 aliphatic rings. The highest BCUT2D eigenvalue weighted by molar-refractivity contribution is 5.77. The Hall–Kier alpha value is -1.35. The molecule has 2 fully saturated rings. The zero-order valence-electron chi connectivity index (χ0n) is 14.3. The maximum Gasteiger partial charge on any atom is 0.220 e. The summed E-state index contributed by atoms with van der Waals surface area (Å²) in [5, 5.41) is 6.83. The van der Waals surface area contributed by atoms with Crippen molar-refractivity contribution >= 4 is 5.91 Å². The van der Waals surface area contributed by atoms with E-state index in [9.17, 15) is 4.79 Å². The van der Waals surface area contributed by atoms with Gasteiger partial charge in [-0.3, -0.25) is 4.79 Å². The Morgan fingerprint density at radius 2 is 1.87 bits per heavy atom. The molecule has 0 aromatic heterocycles. The van der Waals surface area contributed by atoms with E-state index in [1.54, 1.807) is 0 Å². The number of rotatable bonds is 5. The summed E-state index contributed by atoms with van der Waals surface area (Å²) in [7, 11) is 0. The largest absolute Gasteiger partial charge is 0.347 e. The summed E-state index contributed by atoms with van der Waals surface area (Å²) in [5.41, 5.74) is 1.16. The van der Waals surface area contributed by atoms with Crippen LogP contribution in [0.2, 0.25) is 0 Å². The van der Waals surface area contributed by atoms with Gasteiger partial charge in [-0.1, -0.05) is 50.1 Å². The Bertz CT molecular complexity index is 502. The second-order valence-electron chi connectivity index (χ2n) is 7.47. The molecule has 1 aromatic rings. The topological polar surface area (TPSA) is 41.1 Å². The van der Waals surface area contributed by atoms with Crippen LogP contribution in [0, 0.1) is 11.8 Å². The number of hydrogen-bond donors (Lipinski definition) is 2. The first-order valence-electron chi connectivity index (χ1n) is 9.27. The molecule has 126 valence electrons. The summed E-state index contributed by atoms with van der Waals surface area (Å²) in [6.07, 6.45) is 7.64. The van der Waals surface area contributed by atoms with Crippen molar-refractivity contribution < 1.29 is 4.79 Å². The first-order valence-corrected chi connectivity index (χ1v) is 9.27. The second-order valence-corrected chi connectivity index (χ2v) is 7.47. The molecule has 0 radical (unpaired) electrons. The smallest absolute Gasteiger partial charge is 0.220 e. The highest BCUT2D eigenvalue weighted by Crippen LogP contribution is 2.39. The third kappa shape index (κ3) is 3.95. The van der Waals surface area contributed by atoms with Gasteiger partial charge in [0, 0.05) is 6.42 Å². The Balaban J connectivity index is 1.63. The first-order chi connectivity index (χ1) is 11.2. The minimum atomic E-state index is -0.119. The lowest BCUT2D eigenvalue weighted by Gasteiger charge is -2.33. The Morgan fingerprint density at radius 3 is 2.52 bits per heavy atom. The molecule has 1 heterocycles. The van der Waals surface area contributed by atoms with Gasteiger partial charge in [-0.15, -0.1) is 0 Å². The van der Waals surface area contributed by atoms with E-state index in [0.29, 0.717) is 18.3 Å². The van der Waals surface area contributed by atoms with E-state index in [4.69, 9.17) is 0 Å². The molecule has 1 aliphatic carbocycles. The lowest BCUT2D eigenvalue weighted by Crippen LogP contribution is -2.44. The van der Waals surface area contributed by atoms with Crippen molar-refractivity contribution in [1.82, 2.24) is 10.6 Å². The summed E-state index contributed by atoms with van der Waals surface area (Å²) < 4.78 is 0. The van der Waals surface area contributed by atoms with Crippen LogP contribution in [0.5, 0.6) is 0 Å². The van der Waals surface area contributed by atoms with E-state index in [-0.39, 0.29) is 11.4 Å². The van der Waals surface area contributed by atoms with Gasteiger partial charge >= 0.3 is 0 Å². The molecule has 2 N–H and O–H groups in total. The molecule has 0 spiro atoms. The van der Waals surface area contributed by atoms with Crippen LogP contribution in [0.1, 0.15) is 57.4 Å². The lowest BCUT2D eigenvalue weighted by atomic mass is 9.83. The van der Waals surface area contributed by atoms with E-state index in [1.807, 2.05) is 6.07 Å². The molecular weight excluding hydrogens is 284 g/mol. The van der Waals surface area contributed by atoms with Crippen LogP contribution in [0.3, 0.4) is 0 Å². The van der Waals surface area contributed by atoms with Gasteiger partial charge in [-0.2, -0.15) is 0 Å². The average Bonchev–Trinajstić information content (AvgIpc) is 3.06. The number of carbonyl (C=O) groups is 1. The average molecular weight is 314 g/mol. The lowest BCUT2D eigenvalue weighted by molar-refractivity contribution is -0.124. The van der Waals surface area contributed by atoms with E-state index in [0.717, 1.165) is 25.9 Å². The molecule has 3 heteroatoms. The fraction of sp³-hybridized carbons (Fsp3) is 0.650. The Labute approximate surface area is 140 Å². The van der Waals surface area contributed by atoms with E-state index in [2.05, 4.69) is 41.8 Å². The zero-order chi connectivity index (χ0) is 16.1. The maximum atomic E-state index is 12.7. The van der Waals surface area contributed by atoms with Crippen molar-refractivity contribution in [2.75, 3.05) is 13.1 Å². The van der Waals surface area contributed by atoms with Crippen molar-refractivity contribution in [2.24, 2.45) is 11.8 Å². The Kier molecular flexibility index (Phi) is 5.37. The molecule has 1 aliphatic heterocycles. The molecule has 1 saturated carbocycles. The Morgan fingerprint density at radius 1 is 1.22 bits per heavy atom. The summed E-state index contributed by atoms with van der Waals surface area (Å²) in [6, 6.07) is 10.6. The summed E-state index contributed by atoms with van der Waals surface area (Å²) in [5.74, 6) is 1.41. The second kappa shape index (κ2) is 7.48. The highest BCUT2D eigenvalue weighted by Gasteiger charge is 2.37. The highest BCUT2D eigenvalue weighted by atomic mass is 16.1. The molecule has 1 aromatic carbocycles. The van der Waals surface area contributed by atoms with Crippen molar-refractivity contribution in [2.45, 2.75) is 57.4 Å². The summed E-state index contributed by atoms with van der Waals surface area (Å²) in [6.45, 7) is 4.45. The molecule has 1 saturated heterocycles. The molecule has 0 bridgehead atoms. The molecule has 1 unspecified atom stereocenters. The molecular formula is C20H30N2O. The monoisotopic (exact) mass is 314 g/mol. The van der Waals surface area contributed by atoms with E-state index < -0.39 is 0 Å². The number of benzene rings is 1. The predicted molar refractivity (Wildman–Crippen MR) is 94.1 cm³/mol. The fourth-order valence-corrected chi connectivity index (χ4v) is 4.41. The van der Waals surface area contributed by atoms with Gasteiger partial charge in [0.05, 0.1) is 5.54 Å². The quantitative estimate of drug-likeness (QED) is 0.872. The van der Waals surface area contributed by atoms with Gasteiger partial charge in [-0.05, 0) is 56.2 Å². The van der Waals surface area contributed by atoms with E-state index >= 15 is 0 Å². The molecule has 1 atom stereocenters. The predicted octanol–water partition coefficient (Wildman–Crippen LogP) is 3.60. The fourth-order valence-electron chi connectivity index (χ4n) is 4.41. The first kappa shape index (κ1) is 16.5. The van der Waals surface area contributed by atoms with Crippen LogP contribution in [0.4, 0.5) is 0 Å². The minimum absolute atomic E-state index is 0.119. The van der Waals surface area contributed by atoms with E-state index in [1.165, 1.54) is 31.2 Å². The van der Waals surface area contributed by atoms with Crippen LogP contribution >= 0.6 is 0 Å². The van der Waals surface area contributed by atoms with Gasteiger partial charge in [0.2, 0.25) is 5.91 Å².